The number of aryl methyl sites for hydroxylation is 1. The van der Waals surface area contributed by atoms with Gasteiger partial charge in [0.15, 0.2) is 0 Å². The lowest BCUT2D eigenvalue weighted by Crippen LogP contribution is -2.37. The molecule has 0 aliphatic heterocycles. The van der Waals surface area contributed by atoms with Gasteiger partial charge in [0.05, 0.1) is 5.56 Å². The molecule has 1 aromatic rings. The van der Waals surface area contributed by atoms with Crippen LogP contribution in [0.2, 0.25) is 0 Å². The summed E-state index contributed by atoms with van der Waals surface area (Å²) in [6.45, 7) is 1.16. The largest absolute Gasteiger partial charge is 0.489 e. The van der Waals surface area contributed by atoms with Gasteiger partial charge in [-0.25, -0.2) is 4.39 Å². The van der Waals surface area contributed by atoms with Gasteiger partial charge in [-0.05, 0) is 17.9 Å². The fraction of sp³-hybridized carbons (Fsp3) is 0.250. The van der Waals surface area contributed by atoms with Crippen molar-refractivity contribution in [2.45, 2.75) is 13.1 Å². The molecule has 2 N–H and O–H groups in total. The van der Waals surface area contributed by atoms with Crippen LogP contribution in [0.1, 0.15) is 11.1 Å². The highest BCUT2D eigenvalue weighted by Crippen LogP contribution is 2.31. The molecule has 0 amide bonds. The van der Waals surface area contributed by atoms with E-state index in [2.05, 4.69) is 0 Å². The summed E-state index contributed by atoms with van der Waals surface area (Å²) in [5.41, 5.74) is -2.71. The van der Waals surface area contributed by atoms with E-state index in [4.69, 9.17) is 10.0 Å². The van der Waals surface area contributed by atoms with E-state index in [1.165, 1.54) is 0 Å². The molecule has 0 fully saturated rings. The number of hydrogen-bond acceptors (Lipinski definition) is 2. The maximum Gasteiger partial charge on any atom is 0.489 e. The minimum Gasteiger partial charge on any atom is -0.423 e. The lowest BCUT2D eigenvalue weighted by atomic mass is 9.76. The van der Waals surface area contributed by atoms with Crippen LogP contribution in [-0.2, 0) is 6.18 Å². The summed E-state index contributed by atoms with van der Waals surface area (Å²) in [5.74, 6) is -1.48. The van der Waals surface area contributed by atoms with Crippen LogP contribution in [0.4, 0.5) is 17.6 Å². The summed E-state index contributed by atoms with van der Waals surface area (Å²) in [4.78, 5) is 0. The van der Waals surface area contributed by atoms with Crippen molar-refractivity contribution < 1.29 is 27.6 Å². The van der Waals surface area contributed by atoms with Gasteiger partial charge in [-0.15, -0.1) is 0 Å². The van der Waals surface area contributed by atoms with Crippen molar-refractivity contribution in [3.05, 3.63) is 29.1 Å². The third-order valence-electron chi connectivity index (χ3n) is 1.93. The van der Waals surface area contributed by atoms with Crippen LogP contribution in [0.15, 0.2) is 12.1 Å². The molecule has 82 valence electrons. The second-order valence-corrected chi connectivity index (χ2v) is 3.03. The molecule has 0 saturated heterocycles. The molecule has 7 heteroatoms. The molecular weight excluding hydrogens is 215 g/mol. The van der Waals surface area contributed by atoms with Gasteiger partial charge in [0.2, 0.25) is 0 Å². The summed E-state index contributed by atoms with van der Waals surface area (Å²) < 4.78 is 50.3. The molecule has 0 aliphatic carbocycles. The fourth-order valence-corrected chi connectivity index (χ4v) is 1.20. The molecule has 0 aromatic heterocycles. The first-order valence-corrected chi connectivity index (χ1v) is 3.97. The molecule has 0 saturated carbocycles. The Kier molecular flexibility index (Phi) is 3.06. The molecular formula is C8H7BF4O2. The molecule has 0 radical (unpaired) electrons. The minimum absolute atomic E-state index is 0.202. The maximum absolute atomic E-state index is 13.2. The average Bonchev–Trinajstić information content (AvgIpc) is 2.06. The number of alkyl halides is 3. The minimum atomic E-state index is -4.95. The van der Waals surface area contributed by atoms with Crippen molar-refractivity contribution in [2.75, 3.05) is 0 Å². The second-order valence-electron chi connectivity index (χ2n) is 3.03. The molecule has 15 heavy (non-hydrogen) atoms. The first-order valence-electron chi connectivity index (χ1n) is 3.97. The van der Waals surface area contributed by atoms with Crippen LogP contribution >= 0.6 is 0 Å². The Morgan fingerprint density at radius 3 is 2.13 bits per heavy atom. The highest BCUT2D eigenvalue weighted by atomic mass is 19.4. The van der Waals surface area contributed by atoms with Crippen molar-refractivity contribution in [3.63, 3.8) is 0 Å². The Bertz CT molecular complexity index is 376. The summed E-state index contributed by atoms with van der Waals surface area (Å²) in [6.07, 6.45) is -4.95. The monoisotopic (exact) mass is 222 g/mol. The number of benzene rings is 1. The van der Waals surface area contributed by atoms with Crippen LogP contribution in [-0.4, -0.2) is 17.2 Å². The molecule has 1 rings (SSSR count). The van der Waals surface area contributed by atoms with Crippen LogP contribution < -0.4 is 5.46 Å². The third-order valence-corrected chi connectivity index (χ3v) is 1.93. The van der Waals surface area contributed by atoms with Gasteiger partial charge in [0.25, 0.3) is 0 Å². The second kappa shape index (κ2) is 3.82. The van der Waals surface area contributed by atoms with Gasteiger partial charge in [-0.1, -0.05) is 12.1 Å². The summed E-state index contributed by atoms with van der Waals surface area (Å²) >= 11 is 0. The van der Waals surface area contributed by atoms with Gasteiger partial charge in [-0.3, -0.25) is 0 Å². The van der Waals surface area contributed by atoms with Crippen molar-refractivity contribution in [1.82, 2.24) is 0 Å². The predicted molar refractivity (Wildman–Crippen MR) is 46.0 cm³/mol. The zero-order chi connectivity index (χ0) is 11.8. The third kappa shape index (κ3) is 2.30. The van der Waals surface area contributed by atoms with Crippen LogP contribution in [0.3, 0.4) is 0 Å². The zero-order valence-electron chi connectivity index (χ0n) is 7.64. The van der Waals surface area contributed by atoms with Crippen LogP contribution in [0, 0.1) is 12.7 Å². The van der Waals surface area contributed by atoms with E-state index in [1.54, 1.807) is 0 Å². The van der Waals surface area contributed by atoms with Crippen LogP contribution in [0.25, 0.3) is 0 Å². The molecule has 0 aliphatic rings. The van der Waals surface area contributed by atoms with Crippen molar-refractivity contribution >= 4 is 12.6 Å². The topological polar surface area (TPSA) is 40.5 Å². The van der Waals surface area contributed by atoms with E-state index in [0.29, 0.717) is 0 Å². The fourth-order valence-electron chi connectivity index (χ4n) is 1.20. The van der Waals surface area contributed by atoms with Crippen molar-refractivity contribution in [3.8, 4) is 0 Å². The average molecular weight is 222 g/mol. The Hall–Kier alpha value is -1.08. The molecule has 0 heterocycles. The van der Waals surface area contributed by atoms with Gasteiger partial charge in [-0.2, -0.15) is 13.2 Å². The molecule has 0 unspecified atom stereocenters. The lowest BCUT2D eigenvalue weighted by Gasteiger charge is -2.14. The van der Waals surface area contributed by atoms with Gasteiger partial charge < -0.3 is 10.0 Å². The van der Waals surface area contributed by atoms with E-state index >= 15 is 0 Å². The number of rotatable bonds is 1. The number of hydrogen-bond donors (Lipinski definition) is 2. The Balaban J connectivity index is 3.49. The molecule has 2 nitrogen and oxygen atoms in total. The van der Waals surface area contributed by atoms with Crippen molar-refractivity contribution in [1.29, 1.82) is 0 Å². The first-order chi connectivity index (χ1) is 6.75. The van der Waals surface area contributed by atoms with Gasteiger partial charge >= 0.3 is 13.3 Å². The zero-order valence-corrected chi connectivity index (χ0v) is 7.64. The van der Waals surface area contributed by atoms with E-state index in [1.807, 2.05) is 0 Å². The van der Waals surface area contributed by atoms with E-state index < -0.39 is 30.1 Å². The van der Waals surface area contributed by atoms with Crippen LogP contribution in [0.5, 0.6) is 0 Å². The quantitative estimate of drug-likeness (QED) is 0.545. The van der Waals surface area contributed by atoms with E-state index in [-0.39, 0.29) is 5.56 Å². The summed E-state index contributed by atoms with van der Waals surface area (Å²) in [5, 5.41) is 17.3. The van der Waals surface area contributed by atoms with E-state index in [0.717, 1.165) is 19.1 Å². The standard InChI is InChI=1S/C8H7BF4O2/c1-4-2-3-5(9(14)15)6(7(4)10)8(11,12)13/h2-3,14-15H,1H3. The smallest absolute Gasteiger partial charge is 0.423 e. The maximum atomic E-state index is 13.2. The highest BCUT2D eigenvalue weighted by molar-refractivity contribution is 6.59. The highest BCUT2D eigenvalue weighted by Gasteiger charge is 2.39. The normalized spacial score (nSPS) is 11.7. The molecule has 1 aromatic carbocycles. The Morgan fingerprint density at radius 1 is 1.20 bits per heavy atom. The predicted octanol–water partition coefficient (Wildman–Crippen LogP) is 0.833. The summed E-state index contributed by atoms with van der Waals surface area (Å²) in [7, 11) is -2.35. The van der Waals surface area contributed by atoms with Crippen molar-refractivity contribution in [2.24, 2.45) is 0 Å². The van der Waals surface area contributed by atoms with E-state index in [9.17, 15) is 17.6 Å². The first kappa shape index (κ1) is 12.0. The molecule has 0 spiro atoms. The Morgan fingerprint density at radius 2 is 1.73 bits per heavy atom. The van der Waals surface area contributed by atoms with Gasteiger partial charge in [0, 0.05) is 0 Å². The number of halogens is 4. The Labute approximate surface area is 83.3 Å². The molecule has 0 bridgehead atoms. The molecule has 0 atom stereocenters. The van der Waals surface area contributed by atoms with Gasteiger partial charge in [0.1, 0.15) is 5.82 Å². The summed E-state index contributed by atoms with van der Waals surface area (Å²) in [6, 6.07) is 1.89. The SMILES string of the molecule is Cc1ccc(B(O)O)c(C(F)(F)F)c1F. The lowest BCUT2D eigenvalue weighted by molar-refractivity contribution is -0.139.